The fourth-order valence-corrected chi connectivity index (χ4v) is 4.66. The molecule has 0 spiro atoms. The number of benzene rings is 2. The van der Waals surface area contributed by atoms with Gasteiger partial charge in [0.1, 0.15) is 0 Å². The van der Waals surface area contributed by atoms with Crippen molar-refractivity contribution < 1.29 is 18.7 Å². The lowest BCUT2D eigenvalue weighted by Crippen LogP contribution is -2.27. The topological polar surface area (TPSA) is 66.6 Å². The van der Waals surface area contributed by atoms with Gasteiger partial charge in [-0.1, -0.05) is 75.2 Å². The summed E-state index contributed by atoms with van der Waals surface area (Å²) >= 11 is 0. The molecule has 0 N–H and O–H groups in total. The molecule has 2 aromatic carbocycles. The van der Waals surface area contributed by atoms with Crippen LogP contribution in [0.2, 0.25) is 12.6 Å². The van der Waals surface area contributed by atoms with Crippen molar-refractivity contribution >= 4 is 12.2 Å². The fourth-order valence-electron chi connectivity index (χ4n) is 4.66. The Bertz CT molecular complexity index is 1060. The van der Waals surface area contributed by atoms with Gasteiger partial charge in [0, 0.05) is 11.1 Å². The normalized spacial score (nSPS) is 16.8. The van der Waals surface area contributed by atoms with Crippen molar-refractivity contribution in [2.75, 3.05) is 21.3 Å². The molecule has 2 heterocycles. The first-order chi connectivity index (χ1) is 15.2. The minimum Gasteiger partial charge on any atom is -0.493 e. The molecule has 0 radical (unpaired) electrons. The second-order valence-electron chi connectivity index (χ2n) is 9.83. The van der Waals surface area contributed by atoms with Crippen LogP contribution in [0.3, 0.4) is 0 Å². The molecule has 0 atom stereocenters. The van der Waals surface area contributed by atoms with Crippen molar-refractivity contribution in [3.05, 3.63) is 36.4 Å². The van der Waals surface area contributed by atoms with E-state index < -0.39 is 0 Å². The fraction of sp³-hybridized carbons (Fsp3) is 0.440. The monoisotopic (exact) mass is 434 g/mol. The molecule has 1 aliphatic heterocycles. The Kier molecular flexibility index (Phi) is 5.69. The van der Waals surface area contributed by atoms with Gasteiger partial charge in [0.25, 0.3) is 5.89 Å². The molecule has 0 bridgehead atoms. The predicted octanol–water partition coefficient (Wildman–Crippen LogP) is 5.20. The molecule has 7 heteroatoms. The number of hydrogen-bond acceptors (Lipinski definition) is 6. The van der Waals surface area contributed by atoms with Gasteiger partial charge in [-0.25, -0.2) is 0 Å². The van der Waals surface area contributed by atoms with E-state index in [0.29, 0.717) is 52.1 Å². The molecule has 4 rings (SSSR count). The van der Waals surface area contributed by atoms with Crippen molar-refractivity contribution in [2.45, 2.75) is 40.3 Å². The first-order valence-corrected chi connectivity index (χ1v) is 10.9. The number of methoxy groups -OCH3 is 3. The van der Waals surface area contributed by atoms with Crippen molar-refractivity contribution in [3.63, 3.8) is 0 Å². The maximum absolute atomic E-state index is 5.55. The minimum atomic E-state index is 0.333. The summed E-state index contributed by atoms with van der Waals surface area (Å²) in [6.45, 7) is 10.1. The molecule has 3 aromatic rings. The smallest absolute Gasteiger partial charge is 0.258 e. The molecule has 1 fully saturated rings. The van der Waals surface area contributed by atoms with Gasteiger partial charge in [-0.2, -0.15) is 4.98 Å². The Hall–Kier alpha value is -2.96. The summed E-state index contributed by atoms with van der Waals surface area (Å²) in [5.74, 6) is 2.53. The van der Waals surface area contributed by atoms with Gasteiger partial charge in [-0.3, -0.25) is 0 Å². The van der Waals surface area contributed by atoms with Crippen molar-refractivity contribution in [2.24, 2.45) is 10.8 Å². The third kappa shape index (κ3) is 3.85. The molecule has 6 nitrogen and oxygen atoms in total. The zero-order chi connectivity index (χ0) is 23.1. The van der Waals surface area contributed by atoms with Crippen molar-refractivity contribution in [3.8, 4) is 40.1 Å². The second kappa shape index (κ2) is 8.19. The van der Waals surface area contributed by atoms with E-state index in [-0.39, 0.29) is 0 Å². The number of hydrogen-bond donors (Lipinski definition) is 0. The molecule has 1 aliphatic rings. The largest absolute Gasteiger partial charge is 0.493 e. The third-order valence-corrected chi connectivity index (χ3v) is 7.32. The van der Waals surface area contributed by atoms with Gasteiger partial charge >= 0.3 is 0 Å². The molecular formula is C25H31BN2O4. The zero-order valence-corrected chi connectivity index (χ0v) is 20.0. The van der Waals surface area contributed by atoms with E-state index >= 15 is 0 Å². The van der Waals surface area contributed by atoms with Crippen LogP contribution in [0.1, 0.15) is 27.7 Å². The lowest BCUT2D eigenvalue weighted by atomic mass is 9.42. The summed E-state index contributed by atoms with van der Waals surface area (Å²) < 4.78 is 21.8. The maximum atomic E-state index is 5.55. The SMILES string of the molecule is COc1cc(-c2nc(-c3ccc(B4CC(C)(C)C(C)(C)C4)cc3)no2)cc(OC)c1OC. The standard InChI is InChI=1S/C25H31BN2O4/c1-24(2)14-26(15-25(24,3)4)18-10-8-16(9-11-18)22-27-23(32-28-22)17-12-19(29-5)21(31-7)20(13-17)30-6/h8-13H,14-15H2,1-7H3. The summed E-state index contributed by atoms with van der Waals surface area (Å²) in [6, 6.07) is 12.2. The van der Waals surface area contributed by atoms with Crippen LogP contribution in [-0.4, -0.2) is 38.2 Å². The first-order valence-electron chi connectivity index (χ1n) is 10.9. The van der Waals surface area contributed by atoms with Gasteiger partial charge < -0.3 is 18.7 Å². The number of nitrogens with zero attached hydrogens (tertiary/aromatic N) is 2. The van der Waals surface area contributed by atoms with Crippen LogP contribution >= 0.6 is 0 Å². The molecule has 0 amide bonds. The van der Waals surface area contributed by atoms with Crippen LogP contribution in [0, 0.1) is 10.8 Å². The van der Waals surface area contributed by atoms with E-state index in [1.807, 2.05) is 0 Å². The highest BCUT2D eigenvalue weighted by atomic mass is 16.5. The van der Waals surface area contributed by atoms with E-state index in [2.05, 4.69) is 62.1 Å². The van der Waals surface area contributed by atoms with Crippen molar-refractivity contribution in [1.29, 1.82) is 0 Å². The summed E-state index contributed by atoms with van der Waals surface area (Å²) in [7, 11) is 4.73. The first kappa shape index (κ1) is 22.2. The highest BCUT2D eigenvalue weighted by Crippen LogP contribution is 2.52. The molecule has 0 aliphatic carbocycles. The molecule has 1 saturated heterocycles. The molecule has 0 saturated carbocycles. The minimum absolute atomic E-state index is 0.333. The Morgan fingerprint density at radius 3 is 1.88 bits per heavy atom. The Balaban J connectivity index is 1.59. The molecule has 168 valence electrons. The second-order valence-corrected chi connectivity index (χ2v) is 9.83. The zero-order valence-electron chi connectivity index (χ0n) is 20.0. The van der Waals surface area contributed by atoms with Crippen molar-refractivity contribution in [1.82, 2.24) is 10.1 Å². The Labute approximate surface area is 190 Å². The summed E-state index contributed by atoms with van der Waals surface area (Å²) in [5, 5.41) is 4.19. The average molecular weight is 434 g/mol. The van der Waals surface area contributed by atoms with Gasteiger partial charge in [0.15, 0.2) is 18.2 Å². The summed E-state index contributed by atoms with van der Waals surface area (Å²) in [6.07, 6.45) is 2.40. The van der Waals surface area contributed by atoms with Crippen LogP contribution in [0.25, 0.3) is 22.8 Å². The summed E-state index contributed by atoms with van der Waals surface area (Å²) in [5.41, 5.74) is 3.66. The van der Waals surface area contributed by atoms with E-state index in [0.717, 1.165) is 5.56 Å². The van der Waals surface area contributed by atoms with Crippen LogP contribution in [0.5, 0.6) is 17.2 Å². The number of aromatic nitrogens is 2. The molecule has 32 heavy (non-hydrogen) atoms. The van der Waals surface area contributed by atoms with E-state index in [4.69, 9.17) is 18.7 Å². The van der Waals surface area contributed by atoms with Gasteiger partial charge in [0.2, 0.25) is 11.6 Å². The maximum Gasteiger partial charge on any atom is 0.258 e. The third-order valence-electron chi connectivity index (χ3n) is 7.32. The summed E-state index contributed by atoms with van der Waals surface area (Å²) in [4.78, 5) is 4.60. The van der Waals surface area contributed by atoms with Gasteiger partial charge in [0.05, 0.1) is 21.3 Å². The molecule has 0 unspecified atom stereocenters. The highest BCUT2D eigenvalue weighted by Gasteiger charge is 2.47. The van der Waals surface area contributed by atoms with E-state index in [1.165, 1.54) is 18.1 Å². The number of rotatable bonds is 6. The lowest BCUT2D eigenvalue weighted by molar-refractivity contribution is 0.177. The van der Waals surface area contributed by atoms with Crippen LogP contribution in [0.15, 0.2) is 40.9 Å². The lowest BCUT2D eigenvalue weighted by Gasteiger charge is -2.35. The average Bonchev–Trinajstić information content (AvgIpc) is 3.35. The van der Waals surface area contributed by atoms with Gasteiger partial charge in [-0.15, -0.1) is 0 Å². The Morgan fingerprint density at radius 2 is 1.38 bits per heavy atom. The van der Waals surface area contributed by atoms with Crippen LogP contribution in [0.4, 0.5) is 0 Å². The predicted molar refractivity (Wildman–Crippen MR) is 127 cm³/mol. The quantitative estimate of drug-likeness (QED) is 0.497. The van der Waals surface area contributed by atoms with Gasteiger partial charge in [-0.05, 0) is 23.0 Å². The van der Waals surface area contributed by atoms with Crippen LogP contribution < -0.4 is 19.7 Å². The Morgan fingerprint density at radius 1 is 0.812 bits per heavy atom. The number of ether oxygens (including phenoxy) is 3. The van der Waals surface area contributed by atoms with E-state index in [9.17, 15) is 0 Å². The van der Waals surface area contributed by atoms with Crippen LogP contribution in [-0.2, 0) is 0 Å². The molecule has 1 aromatic heterocycles. The van der Waals surface area contributed by atoms with E-state index in [1.54, 1.807) is 33.5 Å². The highest BCUT2D eigenvalue weighted by molar-refractivity contribution is 6.74. The molecular weight excluding hydrogens is 403 g/mol.